The van der Waals surface area contributed by atoms with Crippen LogP contribution in [-0.4, -0.2) is 55.5 Å². The smallest absolute Gasteiger partial charge is 0.225 e. The molecule has 3 atom stereocenters. The third-order valence-electron chi connectivity index (χ3n) is 6.85. The number of piperidine rings is 1. The van der Waals surface area contributed by atoms with Crippen LogP contribution in [0.4, 0.5) is 5.95 Å². The minimum atomic E-state index is 0.258. The van der Waals surface area contributed by atoms with Crippen molar-refractivity contribution >= 4 is 5.95 Å². The van der Waals surface area contributed by atoms with Crippen molar-refractivity contribution in [1.82, 2.24) is 24.6 Å². The number of hydrogen-bond donors (Lipinski definition) is 1. The Morgan fingerprint density at radius 1 is 1.25 bits per heavy atom. The summed E-state index contributed by atoms with van der Waals surface area (Å²) in [7, 11) is 1.99. The fourth-order valence-electron chi connectivity index (χ4n) is 5.36. The molecule has 0 radical (unpaired) electrons. The Morgan fingerprint density at radius 3 is 2.93 bits per heavy atom. The minimum Gasteiger partial charge on any atom is -0.396 e. The molecule has 7 nitrogen and oxygen atoms in total. The zero-order valence-electron chi connectivity index (χ0n) is 16.9. The second-order valence-corrected chi connectivity index (χ2v) is 8.75. The third-order valence-corrected chi connectivity index (χ3v) is 6.85. The van der Waals surface area contributed by atoms with Gasteiger partial charge in [-0.05, 0) is 38.5 Å². The summed E-state index contributed by atoms with van der Waals surface area (Å²) in [4.78, 5) is 14.7. The number of nitrogens with zero attached hydrogens (tertiary/aromatic N) is 6. The molecule has 0 aromatic carbocycles. The molecule has 2 bridgehead atoms. The molecule has 3 aliphatic heterocycles. The van der Waals surface area contributed by atoms with Crippen molar-refractivity contribution in [2.24, 2.45) is 13.0 Å². The summed E-state index contributed by atoms with van der Waals surface area (Å²) >= 11 is 0. The Kier molecular flexibility index (Phi) is 4.59. The Balaban J connectivity index is 1.38. The average molecular weight is 383 g/mol. The minimum absolute atomic E-state index is 0.258. The van der Waals surface area contributed by atoms with Gasteiger partial charge >= 0.3 is 0 Å². The van der Waals surface area contributed by atoms with E-state index in [0.717, 1.165) is 50.5 Å². The fraction of sp³-hybridized carbons (Fsp3) is 0.667. The molecule has 2 aromatic heterocycles. The third kappa shape index (κ3) is 3.10. The van der Waals surface area contributed by atoms with E-state index in [9.17, 15) is 5.11 Å². The van der Waals surface area contributed by atoms with Crippen LogP contribution < -0.4 is 4.90 Å². The van der Waals surface area contributed by atoms with Crippen molar-refractivity contribution in [2.45, 2.75) is 57.7 Å². The van der Waals surface area contributed by atoms with Gasteiger partial charge in [0, 0.05) is 75.3 Å². The predicted octanol–water partition coefficient (Wildman–Crippen LogP) is 1.99. The van der Waals surface area contributed by atoms with E-state index in [2.05, 4.69) is 34.2 Å². The predicted molar refractivity (Wildman–Crippen MR) is 107 cm³/mol. The molecular formula is C21H30N6O. The van der Waals surface area contributed by atoms with Gasteiger partial charge in [0.2, 0.25) is 5.95 Å². The van der Waals surface area contributed by atoms with E-state index < -0.39 is 0 Å². The van der Waals surface area contributed by atoms with Crippen LogP contribution in [0.15, 0.2) is 12.4 Å². The van der Waals surface area contributed by atoms with Crippen LogP contribution in [0.1, 0.15) is 54.2 Å². The Bertz CT molecular complexity index is 865. The van der Waals surface area contributed by atoms with Gasteiger partial charge in [-0.25, -0.2) is 9.97 Å². The number of aryl methyl sites for hydroxylation is 2. The SMILES string of the molecule is Cc1nn(C)cc1CN1C2CCC1c1cnc(N3CCCC(CO)C3)nc1C2. The van der Waals surface area contributed by atoms with Crippen LogP contribution in [0.3, 0.4) is 0 Å². The topological polar surface area (TPSA) is 70.3 Å². The maximum Gasteiger partial charge on any atom is 0.225 e. The van der Waals surface area contributed by atoms with E-state index in [4.69, 9.17) is 9.97 Å². The molecule has 0 aliphatic carbocycles. The molecule has 150 valence electrons. The second-order valence-electron chi connectivity index (χ2n) is 8.75. The fourth-order valence-corrected chi connectivity index (χ4v) is 5.36. The molecule has 3 aliphatic rings. The number of aliphatic hydroxyl groups excluding tert-OH is 1. The molecule has 3 unspecified atom stereocenters. The molecule has 7 heteroatoms. The highest BCUT2D eigenvalue weighted by Gasteiger charge is 2.41. The largest absolute Gasteiger partial charge is 0.396 e. The van der Waals surface area contributed by atoms with Gasteiger partial charge in [0.25, 0.3) is 0 Å². The van der Waals surface area contributed by atoms with E-state index in [-0.39, 0.29) is 6.61 Å². The summed E-state index contributed by atoms with van der Waals surface area (Å²) in [6.45, 7) is 5.18. The van der Waals surface area contributed by atoms with E-state index in [1.165, 1.54) is 29.7 Å². The van der Waals surface area contributed by atoms with E-state index in [1.54, 1.807) is 0 Å². The first kappa shape index (κ1) is 18.1. The summed E-state index contributed by atoms with van der Waals surface area (Å²) in [5.41, 5.74) is 5.00. The molecule has 0 spiro atoms. The lowest BCUT2D eigenvalue weighted by Gasteiger charge is -2.37. The first-order chi connectivity index (χ1) is 13.6. The summed E-state index contributed by atoms with van der Waals surface area (Å²) in [6.07, 6.45) is 9.87. The number of fused-ring (bicyclic) bond motifs is 4. The highest BCUT2D eigenvalue weighted by Crippen LogP contribution is 2.44. The molecule has 0 amide bonds. The highest BCUT2D eigenvalue weighted by molar-refractivity contribution is 5.38. The first-order valence-corrected chi connectivity index (χ1v) is 10.6. The van der Waals surface area contributed by atoms with Gasteiger partial charge in [-0.1, -0.05) is 0 Å². The Morgan fingerprint density at radius 2 is 2.14 bits per heavy atom. The lowest BCUT2D eigenvalue weighted by molar-refractivity contribution is 0.165. The molecule has 5 rings (SSSR count). The molecule has 2 fully saturated rings. The first-order valence-electron chi connectivity index (χ1n) is 10.6. The van der Waals surface area contributed by atoms with Gasteiger partial charge in [0.1, 0.15) is 0 Å². The van der Waals surface area contributed by atoms with Crippen molar-refractivity contribution in [3.8, 4) is 0 Å². The monoisotopic (exact) mass is 382 g/mol. The molecule has 2 aromatic rings. The number of anilines is 1. The van der Waals surface area contributed by atoms with Crippen LogP contribution in [0.5, 0.6) is 0 Å². The van der Waals surface area contributed by atoms with Gasteiger partial charge in [0.05, 0.1) is 11.4 Å². The van der Waals surface area contributed by atoms with Gasteiger partial charge in [-0.2, -0.15) is 5.10 Å². The molecule has 0 saturated carbocycles. The maximum absolute atomic E-state index is 9.52. The lowest BCUT2D eigenvalue weighted by atomic mass is 9.98. The standard InChI is InChI=1S/C21H30N6O/c1-14-16(11-25(2)24-14)12-27-17-5-6-20(27)18-9-22-21(23-19(18)8-17)26-7-3-4-15(10-26)13-28/h9,11,15,17,20,28H,3-8,10,12-13H2,1-2H3. The zero-order chi connectivity index (χ0) is 19.3. The summed E-state index contributed by atoms with van der Waals surface area (Å²) < 4.78 is 1.91. The average Bonchev–Trinajstić information content (AvgIpc) is 3.17. The van der Waals surface area contributed by atoms with Crippen molar-refractivity contribution in [2.75, 3.05) is 24.6 Å². The van der Waals surface area contributed by atoms with Crippen molar-refractivity contribution < 1.29 is 5.11 Å². The zero-order valence-corrected chi connectivity index (χ0v) is 16.9. The van der Waals surface area contributed by atoms with E-state index >= 15 is 0 Å². The Labute approximate surface area is 166 Å². The molecule has 1 N–H and O–H groups in total. The Hall–Kier alpha value is -1.99. The summed E-state index contributed by atoms with van der Waals surface area (Å²) in [5.74, 6) is 1.20. The van der Waals surface area contributed by atoms with Gasteiger partial charge in [-0.3, -0.25) is 9.58 Å². The van der Waals surface area contributed by atoms with Crippen LogP contribution in [0.25, 0.3) is 0 Å². The van der Waals surface area contributed by atoms with Crippen molar-refractivity contribution in [3.05, 3.63) is 34.9 Å². The number of aromatic nitrogens is 4. The number of aliphatic hydroxyl groups is 1. The van der Waals surface area contributed by atoms with Gasteiger partial charge < -0.3 is 10.0 Å². The van der Waals surface area contributed by atoms with Gasteiger partial charge in [-0.15, -0.1) is 0 Å². The van der Waals surface area contributed by atoms with Gasteiger partial charge in [0.15, 0.2) is 0 Å². The van der Waals surface area contributed by atoms with Crippen molar-refractivity contribution in [3.63, 3.8) is 0 Å². The van der Waals surface area contributed by atoms with Crippen molar-refractivity contribution in [1.29, 1.82) is 0 Å². The molecule has 2 saturated heterocycles. The van der Waals surface area contributed by atoms with E-state index in [1.807, 2.05) is 11.7 Å². The number of hydrogen-bond acceptors (Lipinski definition) is 6. The number of rotatable bonds is 4. The van der Waals surface area contributed by atoms with E-state index in [0.29, 0.717) is 18.0 Å². The molecule has 5 heterocycles. The van der Waals surface area contributed by atoms with Crippen LogP contribution >= 0.6 is 0 Å². The maximum atomic E-state index is 9.52. The molecule has 28 heavy (non-hydrogen) atoms. The van der Waals surface area contributed by atoms with Crippen LogP contribution in [0, 0.1) is 12.8 Å². The van der Waals surface area contributed by atoms with Crippen LogP contribution in [-0.2, 0) is 20.0 Å². The highest BCUT2D eigenvalue weighted by atomic mass is 16.3. The normalized spacial score (nSPS) is 27.2. The summed E-state index contributed by atoms with van der Waals surface area (Å²) in [6, 6.07) is 0.986. The lowest BCUT2D eigenvalue weighted by Crippen LogP contribution is -2.40. The second kappa shape index (κ2) is 7.12. The summed E-state index contributed by atoms with van der Waals surface area (Å²) in [5, 5.41) is 14.0. The quantitative estimate of drug-likeness (QED) is 0.872. The van der Waals surface area contributed by atoms with Crippen LogP contribution in [0.2, 0.25) is 0 Å². The molecular weight excluding hydrogens is 352 g/mol.